The van der Waals surface area contributed by atoms with Gasteiger partial charge in [-0.1, -0.05) is 67.1 Å². The molecule has 0 spiro atoms. The highest BCUT2D eigenvalue weighted by molar-refractivity contribution is 5.87. The van der Waals surface area contributed by atoms with Crippen LogP contribution in [0.2, 0.25) is 0 Å². The van der Waals surface area contributed by atoms with Crippen LogP contribution in [0.1, 0.15) is 63.0 Å². The molecule has 354 valence electrons. The maximum atomic E-state index is 13.7. The monoisotopic (exact) mass is 895 g/mol. The Morgan fingerprint density at radius 1 is 0.531 bits per heavy atom. The van der Waals surface area contributed by atoms with Crippen molar-refractivity contribution in [3.63, 3.8) is 0 Å². The number of hydrogen-bond donors (Lipinski definition) is 9. The lowest BCUT2D eigenvalue weighted by Crippen LogP contribution is -2.49. The van der Waals surface area contributed by atoms with E-state index in [4.69, 9.17) is 28.7 Å². The zero-order valence-corrected chi connectivity index (χ0v) is 37.1. The number of unbranched alkanes of at least 4 members (excludes halogenated alkanes) is 1. The molecule has 20 heteroatoms. The van der Waals surface area contributed by atoms with Gasteiger partial charge < -0.3 is 64.6 Å². The van der Waals surface area contributed by atoms with Gasteiger partial charge in [-0.25, -0.2) is 0 Å². The summed E-state index contributed by atoms with van der Waals surface area (Å²) >= 11 is 0. The predicted molar refractivity (Wildman–Crippen MR) is 242 cm³/mol. The van der Waals surface area contributed by atoms with E-state index >= 15 is 0 Å². The topological polar surface area (TPSA) is 324 Å². The average Bonchev–Trinajstić information content (AvgIpc) is 3.23. The van der Waals surface area contributed by atoms with E-state index in [1.807, 2.05) is 60.7 Å². The molecule has 0 heterocycles. The van der Waals surface area contributed by atoms with E-state index in [0.717, 1.165) is 24.0 Å². The molecule has 2 aromatic rings. The van der Waals surface area contributed by atoms with E-state index in [1.165, 1.54) is 21.6 Å². The summed E-state index contributed by atoms with van der Waals surface area (Å²) in [5.74, 6) is -3.77. The third-order valence-electron chi connectivity index (χ3n) is 9.94. The number of carbonyl (C=O) groups is 8. The lowest BCUT2D eigenvalue weighted by Gasteiger charge is -2.26. The number of primary amides is 1. The molecule has 0 saturated heterocycles. The maximum absolute atomic E-state index is 13.7. The summed E-state index contributed by atoms with van der Waals surface area (Å²) in [6, 6.07) is 17.2. The molecule has 2 rings (SSSR count). The highest BCUT2D eigenvalue weighted by Gasteiger charge is 2.24. The summed E-state index contributed by atoms with van der Waals surface area (Å²) in [7, 11) is 0. The summed E-state index contributed by atoms with van der Waals surface area (Å²) in [4.78, 5) is 106. The lowest BCUT2D eigenvalue weighted by molar-refractivity contribution is -0.137. The van der Waals surface area contributed by atoms with Crippen LogP contribution < -0.4 is 49.9 Å². The van der Waals surface area contributed by atoms with E-state index in [-0.39, 0.29) is 96.4 Å². The molecule has 0 bridgehead atoms. The molecule has 2 aromatic carbocycles. The van der Waals surface area contributed by atoms with Crippen LogP contribution >= 0.6 is 0 Å². The van der Waals surface area contributed by atoms with Gasteiger partial charge in [0, 0.05) is 96.5 Å². The van der Waals surface area contributed by atoms with Crippen molar-refractivity contribution in [2.45, 2.75) is 82.8 Å². The van der Waals surface area contributed by atoms with Crippen LogP contribution in [0, 0.1) is 0 Å². The third-order valence-corrected chi connectivity index (χ3v) is 9.94. The molecule has 0 saturated carbocycles. The van der Waals surface area contributed by atoms with Crippen molar-refractivity contribution in [2.75, 3.05) is 72.0 Å². The summed E-state index contributed by atoms with van der Waals surface area (Å²) in [5.41, 5.74) is 31.5. The number of nitrogens with zero attached hydrogens (tertiary/aromatic N) is 3. The Bertz CT molecular complexity index is 1770. The highest BCUT2D eigenvalue weighted by Crippen LogP contribution is 2.09. The summed E-state index contributed by atoms with van der Waals surface area (Å²) in [5, 5.41) is 10.6. The van der Waals surface area contributed by atoms with Crippen molar-refractivity contribution in [1.29, 1.82) is 0 Å². The number of carbonyl (C=O) groups excluding carboxylic acids is 8. The fraction of sp³-hybridized carbons (Fsp3) is 0.545. The van der Waals surface area contributed by atoms with Crippen LogP contribution in [-0.4, -0.2) is 152 Å². The van der Waals surface area contributed by atoms with Crippen molar-refractivity contribution in [2.24, 2.45) is 28.7 Å². The Balaban J connectivity index is 2.11. The lowest BCUT2D eigenvalue weighted by atomic mass is 10.0. The third kappa shape index (κ3) is 24.6. The summed E-state index contributed by atoms with van der Waals surface area (Å²) in [6.07, 6.45) is 2.60. The van der Waals surface area contributed by atoms with Gasteiger partial charge in [0.05, 0.1) is 19.6 Å². The van der Waals surface area contributed by atoms with E-state index in [0.29, 0.717) is 25.8 Å². The Morgan fingerprint density at radius 2 is 0.906 bits per heavy atom. The predicted octanol–water partition coefficient (Wildman–Crippen LogP) is -2.40. The molecule has 0 aliphatic heterocycles. The highest BCUT2D eigenvalue weighted by atomic mass is 16.2. The van der Waals surface area contributed by atoms with Crippen LogP contribution in [0.3, 0.4) is 0 Å². The van der Waals surface area contributed by atoms with Gasteiger partial charge in [-0.2, -0.15) is 0 Å². The van der Waals surface area contributed by atoms with E-state index < -0.39 is 60.1 Å². The van der Waals surface area contributed by atoms with Crippen molar-refractivity contribution in [3.05, 3.63) is 71.8 Å². The number of amides is 8. The standard InChI is InChI=1S/C44H70N12O8/c1-32(57)50-18-21-54(43(63)27-36(47)24-33-10-4-2-5-11-33)30-40(60)53-20-23-56(44(64)28-37(48)25-34-12-6-3-7-13-34)31-41(61)52-19-22-55(29-39(59)51-17-15-38(49)58)42(62)26-35(46)14-8-9-16-45/h2-7,10-13,35-37H,8-9,14-31,45-48H2,1H3,(H2,49,58)(H,50,57)(H,51,59)(H,52,61)(H,53,60)/t35-,36-,37-/m0/s1. The minimum Gasteiger partial charge on any atom is -0.370 e. The van der Waals surface area contributed by atoms with E-state index in [2.05, 4.69) is 21.3 Å². The molecule has 8 amide bonds. The molecule has 14 N–H and O–H groups in total. The Hall–Kier alpha value is -5.96. The summed E-state index contributed by atoms with van der Waals surface area (Å²) in [6.45, 7) is 0.565. The number of nitrogens with one attached hydrogen (secondary N) is 4. The SMILES string of the molecule is CC(=O)NCCN(CC(=O)NCCN(CC(=O)NCCN(CC(=O)NCCC(N)=O)C(=O)C[C@@H](N)CCCCN)C(=O)C[C@@H](N)Cc1ccccc1)C(=O)C[C@@H](N)Cc1ccccc1. The minimum atomic E-state index is -0.600. The van der Waals surface area contributed by atoms with Gasteiger partial charge in [0.25, 0.3) is 0 Å². The van der Waals surface area contributed by atoms with E-state index in [1.54, 1.807) is 0 Å². The first-order valence-electron chi connectivity index (χ1n) is 21.8. The molecule has 20 nitrogen and oxygen atoms in total. The van der Waals surface area contributed by atoms with Crippen molar-refractivity contribution in [3.8, 4) is 0 Å². The van der Waals surface area contributed by atoms with Crippen LogP contribution in [0.5, 0.6) is 0 Å². The van der Waals surface area contributed by atoms with Gasteiger partial charge in [0.1, 0.15) is 0 Å². The molecule has 0 aliphatic rings. The van der Waals surface area contributed by atoms with Crippen molar-refractivity contribution in [1.82, 2.24) is 36.0 Å². The number of nitrogens with two attached hydrogens (primary N) is 5. The number of rotatable bonds is 32. The maximum Gasteiger partial charge on any atom is 0.239 e. The first-order chi connectivity index (χ1) is 30.6. The van der Waals surface area contributed by atoms with Gasteiger partial charge in [0.2, 0.25) is 47.3 Å². The van der Waals surface area contributed by atoms with Crippen molar-refractivity contribution >= 4 is 47.3 Å². The van der Waals surface area contributed by atoms with Crippen LogP contribution in [-0.2, 0) is 51.2 Å². The first-order valence-corrected chi connectivity index (χ1v) is 21.8. The van der Waals surface area contributed by atoms with E-state index in [9.17, 15) is 38.4 Å². The minimum absolute atomic E-state index is 0.0102. The van der Waals surface area contributed by atoms with Gasteiger partial charge >= 0.3 is 0 Å². The molecular weight excluding hydrogens is 825 g/mol. The first kappa shape index (κ1) is 54.2. The second kappa shape index (κ2) is 31.0. The van der Waals surface area contributed by atoms with Gasteiger partial charge in [0.15, 0.2) is 0 Å². The average molecular weight is 895 g/mol. The molecule has 0 aliphatic carbocycles. The number of hydrogen-bond acceptors (Lipinski definition) is 12. The molecule has 0 radical (unpaired) electrons. The molecule has 3 atom stereocenters. The smallest absolute Gasteiger partial charge is 0.239 e. The van der Waals surface area contributed by atoms with Gasteiger partial charge in [-0.05, 0) is 43.4 Å². The Kier molecular flexibility index (Phi) is 26.2. The zero-order chi connectivity index (χ0) is 47.3. The zero-order valence-electron chi connectivity index (χ0n) is 37.1. The van der Waals surface area contributed by atoms with Crippen LogP contribution in [0.4, 0.5) is 0 Å². The molecule has 64 heavy (non-hydrogen) atoms. The van der Waals surface area contributed by atoms with Gasteiger partial charge in [-0.15, -0.1) is 0 Å². The second-order valence-corrected chi connectivity index (χ2v) is 15.8. The van der Waals surface area contributed by atoms with Gasteiger partial charge in [-0.3, -0.25) is 38.4 Å². The molecule has 0 aromatic heterocycles. The molecule has 0 fully saturated rings. The Labute approximate surface area is 376 Å². The normalized spacial score (nSPS) is 12.2. The van der Waals surface area contributed by atoms with Crippen LogP contribution in [0.25, 0.3) is 0 Å². The quantitative estimate of drug-likeness (QED) is 0.0347. The molecule has 0 unspecified atom stereocenters. The largest absolute Gasteiger partial charge is 0.370 e. The number of benzene rings is 2. The fourth-order valence-corrected chi connectivity index (χ4v) is 6.61. The van der Waals surface area contributed by atoms with Crippen LogP contribution in [0.15, 0.2) is 60.7 Å². The summed E-state index contributed by atoms with van der Waals surface area (Å²) < 4.78 is 0. The second-order valence-electron chi connectivity index (χ2n) is 15.8. The fourth-order valence-electron chi connectivity index (χ4n) is 6.61. The molecular formula is C44H70N12O8. The van der Waals surface area contributed by atoms with Crippen molar-refractivity contribution < 1.29 is 38.4 Å². The Morgan fingerprint density at radius 3 is 1.28 bits per heavy atom.